The maximum atomic E-state index is 12.1. The van der Waals surface area contributed by atoms with E-state index >= 15 is 0 Å². The Kier molecular flexibility index (Phi) is 4.78. The number of unbranched alkanes of at least 4 members (excludes halogenated alkanes) is 1. The normalized spacial score (nSPS) is 18.0. The molecule has 1 aromatic carbocycles. The minimum atomic E-state index is -0.0159. The van der Waals surface area contributed by atoms with E-state index in [4.69, 9.17) is 9.15 Å². The maximum absolute atomic E-state index is 12.1. The standard InChI is InChI=1S/C18H23NO3/c1-13-11-15-12-14(7-8-17(15)22-13)18(20)19-9-3-2-5-16-6-4-10-21-16/h7-8,11-12,16H,2-6,9-10H2,1H3,(H,19,20)/t16-/m1/s1. The summed E-state index contributed by atoms with van der Waals surface area (Å²) >= 11 is 0. The zero-order valence-electron chi connectivity index (χ0n) is 13.1. The van der Waals surface area contributed by atoms with E-state index in [1.54, 1.807) is 0 Å². The number of amides is 1. The van der Waals surface area contributed by atoms with Crippen molar-refractivity contribution >= 4 is 16.9 Å². The van der Waals surface area contributed by atoms with Crippen LogP contribution in [0.5, 0.6) is 0 Å². The van der Waals surface area contributed by atoms with E-state index in [9.17, 15) is 4.79 Å². The molecule has 2 heterocycles. The number of rotatable bonds is 6. The van der Waals surface area contributed by atoms with Crippen molar-refractivity contribution < 1.29 is 13.9 Å². The Morgan fingerprint density at radius 1 is 1.32 bits per heavy atom. The van der Waals surface area contributed by atoms with Gasteiger partial charge < -0.3 is 14.5 Å². The molecule has 0 radical (unpaired) electrons. The van der Waals surface area contributed by atoms with Gasteiger partial charge in [-0.15, -0.1) is 0 Å². The number of ether oxygens (including phenoxy) is 1. The fourth-order valence-electron chi connectivity index (χ4n) is 2.99. The summed E-state index contributed by atoms with van der Waals surface area (Å²) in [6, 6.07) is 7.50. The van der Waals surface area contributed by atoms with Gasteiger partial charge in [0.25, 0.3) is 5.91 Å². The second-order valence-corrected chi connectivity index (χ2v) is 6.00. The van der Waals surface area contributed by atoms with Crippen molar-refractivity contribution in [3.8, 4) is 0 Å². The quantitative estimate of drug-likeness (QED) is 0.825. The fourth-order valence-corrected chi connectivity index (χ4v) is 2.99. The summed E-state index contributed by atoms with van der Waals surface area (Å²) in [5.41, 5.74) is 1.51. The van der Waals surface area contributed by atoms with E-state index in [-0.39, 0.29) is 5.91 Å². The first-order valence-corrected chi connectivity index (χ1v) is 8.12. The molecule has 1 aromatic heterocycles. The van der Waals surface area contributed by atoms with Gasteiger partial charge in [0.15, 0.2) is 0 Å². The van der Waals surface area contributed by atoms with Crippen molar-refractivity contribution in [1.82, 2.24) is 5.32 Å². The first kappa shape index (κ1) is 15.1. The van der Waals surface area contributed by atoms with Gasteiger partial charge in [-0.25, -0.2) is 0 Å². The molecule has 1 N–H and O–H groups in total. The van der Waals surface area contributed by atoms with E-state index in [2.05, 4.69) is 5.32 Å². The minimum absolute atomic E-state index is 0.0159. The van der Waals surface area contributed by atoms with Crippen LogP contribution in [-0.4, -0.2) is 25.2 Å². The SMILES string of the molecule is Cc1cc2cc(C(=O)NCCCC[C@@H]3CCCO3)ccc2o1. The Labute approximate surface area is 130 Å². The van der Waals surface area contributed by atoms with Gasteiger partial charge in [0.1, 0.15) is 11.3 Å². The molecule has 4 nitrogen and oxygen atoms in total. The molecular formula is C18H23NO3. The second kappa shape index (κ2) is 6.97. The molecule has 0 bridgehead atoms. The van der Waals surface area contributed by atoms with Crippen molar-refractivity contribution in [3.63, 3.8) is 0 Å². The lowest BCUT2D eigenvalue weighted by Gasteiger charge is -2.09. The molecular weight excluding hydrogens is 278 g/mol. The summed E-state index contributed by atoms with van der Waals surface area (Å²) in [6.07, 6.45) is 6.04. The van der Waals surface area contributed by atoms with E-state index in [0.29, 0.717) is 18.2 Å². The molecule has 2 aromatic rings. The molecule has 0 spiro atoms. The number of carbonyl (C=O) groups is 1. The highest BCUT2D eigenvalue weighted by Crippen LogP contribution is 2.20. The molecule has 1 aliphatic heterocycles. The number of aryl methyl sites for hydroxylation is 1. The number of hydrogen-bond acceptors (Lipinski definition) is 3. The minimum Gasteiger partial charge on any atom is -0.461 e. The van der Waals surface area contributed by atoms with E-state index in [1.165, 1.54) is 12.8 Å². The van der Waals surface area contributed by atoms with Gasteiger partial charge in [-0.1, -0.05) is 0 Å². The van der Waals surface area contributed by atoms with Crippen LogP contribution in [0.15, 0.2) is 28.7 Å². The lowest BCUT2D eigenvalue weighted by molar-refractivity contribution is 0.0947. The van der Waals surface area contributed by atoms with Crippen LogP contribution in [0.4, 0.5) is 0 Å². The Hall–Kier alpha value is -1.81. The fraction of sp³-hybridized carbons (Fsp3) is 0.500. The average molecular weight is 301 g/mol. The summed E-state index contributed by atoms with van der Waals surface area (Å²) in [6.45, 7) is 3.54. The monoisotopic (exact) mass is 301 g/mol. The van der Waals surface area contributed by atoms with E-state index in [1.807, 2.05) is 31.2 Å². The Bertz CT molecular complexity index is 641. The maximum Gasteiger partial charge on any atom is 0.251 e. The molecule has 3 rings (SSSR count). The van der Waals surface area contributed by atoms with Gasteiger partial charge >= 0.3 is 0 Å². The third kappa shape index (κ3) is 3.69. The zero-order chi connectivity index (χ0) is 15.4. The summed E-state index contributed by atoms with van der Waals surface area (Å²) < 4.78 is 11.1. The van der Waals surface area contributed by atoms with Crippen LogP contribution in [0.3, 0.4) is 0 Å². The highest BCUT2D eigenvalue weighted by Gasteiger charge is 2.14. The van der Waals surface area contributed by atoms with Crippen LogP contribution in [0.1, 0.15) is 48.2 Å². The highest BCUT2D eigenvalue weighted by molar-refractivity contribution is 5.97. The zero-order valence-corrected chi connectivity index (χ0v) is 13.1. The van der Waals surface area contributed by atoms with Crippen molar-refractivity contribution in [1.29, 1.82) is 0 Å². The Morgan fingerprint density at radius 2 is 2.23 bits per heavy atom. The molecule has 1 amide bonds. The largest absolute Gasteiger partial charge is 0.461 e. The molecule has 118 valence electrons. The molecule has 0 saturated carbocycles. The van der Waals surface area contributed by atoms with Crippen LogP contribution in [-0.2, 0) is 4.74 Å². The van der Waals surface area contributed by atoms with Crippen molar-refractivity contribution in [3.05, 3.63) is 35.6 Å². The first-order chi connectivity index (χ1) is 10.7. The van der Waals surface area contributed by atoms with Crippen LogP contribution < -0.4 is 5.32 Å². The summed E-state index contributed by atoms with van der Waals surface area (Å²) in [4.78, 5) is 12.1. The number of benzene rings is 1. The lowest BCUT2D eigenvalue weighted by Crippen LogP contribution is -2.24. The van der Waals surface area contributed by atoms with Crippen molar-refractivity contribution in [2.75, 3.05) is 13.2 Å². The molecule has 1 saturated heterocycles. The number of nitrogens with one attached hydrogen (secondary N) is 1. The third-order valence-corrected chi connectivity index (χ3v) is 4.16. The molecule has 1 atom stereocenters. The third-order valence-electron chi connectivity index (χ3n) is 4.16. The summed E-state index contributed by atoms with van der Waals surface area (Å²) in [7, 11) is 0. The molecule has 0 unspecified atom stereocenters. The van der Waals surface area contributed by atoms with Crippen LogP contribution >= 0.6 is 0 Å². The first-order valence-electron chi connectivity index (χ1n) is 8.12. The molecule has 1 fully saturated rings. The number of hydrogen-bond donors (Lipinski definition) is 1. The van der Waals surface area contributed by atoms with Gasteiger partial charge in [-0.2, -0.15) is 0 Å². The highest BCUT2D eigenvalue weighted by atomic mass is 16.5. The van der Waals surface area contributed by atoms with Crippen molar-refractivity contribution in [2.24, 2.45) is 0 Å². The number of carbonyl (C=O) groups excluding carboxylic acids is 1. The summed E-state index contributed by atoms with van der Waals surface area (Å²) in [5, 5.41) is 3.96. The molecule has 22 heavy (non-hydrogen) atoms. The van der Waals surface area contributed by atoms with Gasteiger partial charge in [0.05, 0.1) is 6.10 Å². The van der Waals surface area contributed by atoms with Crippen LogP contribution in [0.25, 0.3) is 11.0 Å². The van der Waals surface area contributed by atoms with Crippen LogP contribution in [0.2, 0.25) is 0 Å². The van der Waals surface area contributed by atoms with Gasteiger partial charge in [0, 0.05) is 24.1 Å². The van der Waals surface area contributed by atoms with Gasteiger partial charge in [0.2, 0.25) is 0 Å². The predicted molar refractivity (Wildman–Crippen MR) is 86.1 cm³/mol. The van der Waals surface area contributed by atoms with E-state index in [0.717, 1.165) is 42.6 Å². The van der Waals surface area contributed by atoms with Gasteiger partial charge in [-0.3, -0.25) is 4.79 Å². The average Bonchev–Trinajstić information content (AvgIpc) is 3.13. The smallest absolute Gasteiger partial charge is 0.251 e. The topological polar surface area (TPSA) is 51.5 Å². The van der Waals surface area contributed by atoms with Crippen LogP contribution in [0, 0.1) is 6.92 Å². The van der Waals surface area contributed by atoms with Crippen molar-refractivity contribution in [2.45, 2.75) is 45.1 Å². The summed E-state index contributed by atoms with van der Waals surface area (Å²) in [5.74, 6) is 0.847. The lowest BCUT2D eigenvalue weighted by atomic mass is 10.1. The molecule has 0 aliphatic carbocycles. The predicted octanol–water partition coefficient (Wildman–Crippen LogP) is 3.82. The Morgan fingerprint density at radius 3 is 3.05 bits per heavy atom. The number of fused-ring (bicyclic) bond motifs is 1. The Balaban J connectivity index is 1.44. The second-order valence-electron chi connectivity index (χ2n) is 6.00. The molecule has 1 aliphatic rings. The van der Waals surface area contributed by atoms with Gasteiger partial charge in [-0.05, 0) is 63.3 Å². The molecule has 4 heteroatoms. The number of furan rings is 1. The van der Waals surface area contributed by atoms with E-state index < -0.39 is 0 Å².